The lowest BCUT2D eigenvalue weighted by molar-refractivity contribution is -0.124. The van der Waals surface area contributed by atoms with Crippen molar-refractivity contribution >= 4 is 29.1 Å². The molecule has 8 nitrogen and oxygen atoms in total. The molecule has 0 bridgehead atoms. The molecule has 0 fully saturated rings. The summed E-state index contributed by atoms with van der Waals surface area (Å²) in [7, 11) is 0. The number of carbonyl (C=O) groups excluding carboxylic acids is 1. The lowest BCUT2D eigenvalue weighted by atomic mass is 10.0. The molecule has 174 valence electrons. The second kappa shape index (κ2) is 10.6. The maximum Gasteiger partial charge on any atom is 0.254 e. The first kappa shape index (κ1) is 23.7. The normalized spacial score (nSPS) is 11.9. The van der Waals surface area contributed by atoms with E-state index in [1.807, 2.05) is 37.3 Å². The summed E-state index contributed by atoms with van der Waals surface area (Å²) in [5.41, 5.74) is 2.15. The Labute approximate surface area is 206 Å². The number of carbonyl (C=O) groups is 1. The van der Waals surface area contributed by atoms with E-state index in [2.05, 4.69) is 20.6 Å². The van der Waals surface area contributed by atoms with E-state index in [1.165, 1.54) is 21.6 Å². The van der Waals surface area contributed by atoms with Crippen LogP contribution in [0.25, 0.3) is 16.9 Å². The van der Waals surface area contributed by atoms with Crippen LogP contribution in [0.2, 0.25) is 10.2 Å². The third-order valence-electron chi connectivity index (χ3n) is 5.24. The minimum Gasteiger partial charge on any atom is -0.354 e. The number of nitrogens with zero attached hydrogens (tertiary/aromatic N) is 5. The first-order valence-corrected chi connectivity index (χ1v) is 11.5. The standard InChI is InChI=1S/C24H22Cl2N6O2/c1-2-10-27-24(34)21(11-16-6-4-3-5-7-16)31-15-28-19(13-23(31)33)18-12-17(25)8-9-20(18)32-14-22(26)29-30-32/h3-9,12-15,21H,2,10-11H2,1H3,(H,27,34)/t21-/m0/s1. The molecule has 0 unspecified atom stereocenters. The Morgan fingerprint density at radius 2 is 1.91 bits per heavy atom. The van der Waals surface area contributed by atoms with Crippen LogP contribution in [0.5, 0.6) is 0 Å². The van der Waals surface area contributed by atoms with Crippen LogP contribution in [0.1, 0.15) is 24.9 Å². The van der Waals surface area contributed by atoms with Crippen LogP contribution in [-0.2, 0) is 11.2 Å². The molecule has 1 amide bonds. The monoisotopic (exact) mass is 496 g/mol. The molecule has 2 aromatic heterocycles. The molecule has 2 aromatic carbocycles. The van der Waals surface area contributed by atoms with Gasteiger partial charge in [0.2, 0.25) is 5.91 Å². The second-order valence-corrected chi connectivity index (χ2v) is 8.49. The summed E-state index contributed by atoms with van der Waals surface area (Å²) in [5.74, 6) is -0.233. The van der Waals surface area contributed by atoms with Crippen LogP contribution in [0.15, 0.2) is 71.9 Å². The molecule has 0 aliphatic carbocycles. The fourth-order valence-corrected chi connectivity index (χ4v) is 3.88. The smallest absolute Gasteiger partial charge is 0.254 e. The van der Waals surface area contributed by atoms with Crippen LogP contribution >= 0.6 is 23.2 Å². The Kier molecular flexibility index (Phi) is 7.40. The molecule has 0 saturated carbocycles. The topological polar surface area (TPSA) is 94.7 Å². The van der Waals surface area contributed by atoms with Gasteiger partial charge in [-0.05, 0) is 30.2 Å². The van der Waals surface area contributed by atoms with Crippen molar-refractivity contribution < 1.29 is 4.79 Å². The van der Waals surface area contributed by atoms with Gasteiger partial charge in [0.15, 0.2) is 5.15 Å². The highest BCUT2D eigenvalue weighted by Crippen LogP contribution is 2.28. The molecule has 1 N–H and O–H groups in total. The number of amides is 1. The van der Waals surface area contributed by atoms with Crippen LogP contribution in [-0.4, -0.2) is 37.0 Å². The molecule has 0 aliphatic rings. The Hall–Kier alpha value is -3.49. The summed E-state index contributed by atoms with van der Waals surface area (Å²) in [6, 6.07) is 15.3. The highest BCUT2D eigenvalue weighted by Gasteiger charge is 2.23. The quantitative estimate of drug-likeness (QED) is 0.396. The average Bonchev–Trinajstić information content (AvgIpc) is 3.27. The fraction of sp³-hybridized carbons (Fsp3) is 0.208. The first-order chi connectivity index (χ1) is 16.5. The van der Waals surface area contributed by atoms with Gasteiger partial charge in [0, 0.05) is 29.6 Å². The zero-order chi connectivity index (χ0) is 24.1. The summed E-state index contributed by atoms with van der Waals surface area (Å²) in [5, 5.41) is 11.4. The Morgan fingerprint density at radius 3 is 2.59 bits per heavy atom. The number of benzene rings is 2. The van der Waals surface area contributed by atoms with Crippen LogP contribution in [0.3, 0.4) is 0 Å². The largest absolute Gasteiger partial charge is 0.354 e. The van der Waals surface area contributed by atoms with E-state index < -0.39 is 6.04 Å². The van der Waals surface area contributed by atoms with Crippen molar-refractivity contribution in [2.75, 3.05) is 6.54 Å². The Morgan fingerprint density at radius 1 is 1.12 bits per heavy atom. The SMILES string of the molecule is CCCNC(=O)[C@H](Cc1ccccc1)n1cnc(-c2cc(Cl)ccc2-n2cc(Cl)nn2)cc1=O. The van der Waals surface area contributed by atoms with E-state index in [1.54, 1.807) is 24.4 Å². The van der Waals surface area contributed by atoms with Gasteiger partial charge in [-0.15, -0.1) is 5.10 Å². The molecule has 4 rings (SSSR count). The molecule has 1 atom stereocenters. The first-order valence-electron chi connectivity index (χ1n) is 10.7. The molecule has 4 aromatic rings. The van der Waals surface area contributed by atoms with Crippen molar-refractivity contribution in [3.63, 3.8) is 0 Å². The second-order valence-electron chi connectivity index (χ2n) is 7.66. The van der Waals surface area contributed by atoms with E-state index in [4.69, 9.17) is 23.2 Å². The molecule has 10 heteroatoms. The van der Waals surface area contributed by atoms with Crippen LogP contribution in [0.4, 0.5) is 0 Å². The number of halogens is 2. The van der Waals surface area contributed by atoms with Crippen molar-refractivity contribution in [2.45, 2.75) is 25.8 Å². The molecule has 34 heavy (non-hydrogen) atoms. The van der Waals surface area contributed by atoms with Gasteiger partial charge >= 0.3 is 0 Å². The highest BCUT2D eigenvalue weighted by atomic mass is 35.5. The van der Waals surface area contributed by atoms with E-state index in [0.717, 1.165) is 12.0 Å². The number of hydrogen-bond acceptors (Lipinski definition) is 5. The summed E-state index contributed by atoms with van der Waals surface area (Å²) in [6.45, 7) is 2.50. The molecular formula is C24H22Cl2N6O2. The predicted molar refractivity (Wildman–Crippen MR) is 131 cm³/mol. The van der Waals surface area contributed by atoms with Crippen molar-refractivity contribution in [2.24, 2.45) is 0 Å². The zero-order valence-electron chi connectivity index (χ0n) is 18.4. The van der Waals surface area contributed by atoms with Crippen molar-refractivity contribution in [3.8, 4) is 16.9 Å². The summed E-state index contributed by atoms with van der Waals surface area (Å²) >= 11 is 12.2. The van der Waals surface area contributed by atoms with Crippen molar-refractivity contribution in [1.82, 2.24) is 29.9 Å². The van der Waals surface area contributed by atoms with Gasteiger partial charge in [-0.2, -0.15) is 0 Å². The lowest BCUT2D eigenvalue weighted by Crippen LogP contribution is -2.38. The molecule has 0 saturated heterocycles. The van der Waals surface area contributed by atoms with Crippen molar-refractivity contribution in [1.29, 1.82) is 0 Å². The summed E-state index contributed by atoms with van der Waals surface area (Å²) < 4.78 is 2.84. The maximum absolute atomic E-state index is 13.2. The molecule has 0 radical (unpaired) electrons. The maximum atomic E-state index is 13.2. The summed E-state index contributed by atoms with van der Waals surface area (Å²) in [6.07, 6.45) is 4.09. The fourth-order valence-electron chi connectivity index (χ4n) is 3.59. The third-order valence-corrected chi connectivity index (χ3v) is 5.65. The van der Waals surface area contributed by atoms with E-state index >= 15 is 0 Å². The van der Waals surface area contributed by atoms with Gasteiger partial charge in [-0.25, -0.2) is 9.67 Å². The van der Waals surface area contributed by atoms with E-state index in [0.29, 0.717) is 34.9 Å². The van der Waals surface area contributed by atoms with Gasteiger partial charge in [-0.1, -0.05) is 65.7 Å². The van der Waals surface area contributed by atoms with Crippen LogP contribution < -0.4 is 10.9 Å². The average molecular weight is 497 g/mol. The number of aromatic nitrogens is 5. The van der Waals surface area contributed by atoms with Gasteiger partial charge in [0.1, 0.15) is 6.04 Å². The highest BCUT2D eigenvalue weighted by molar-refractivity contribution is 6.31. The Balaban J connectivity index is 1.74. The lowest BCUT2D eigenvalue weighted by Gasteiger charge is -2.20. The number of nitrogens with one attached hydrogen (secondary N) is 1. The predicted octanol–water partition coefficient (Wildman–Crippen LogP) is 4.11. The number of rotatable bonds is 8. The van der Waals surface area contributed by atoms with Crippen molar-refractivity contribution in [3.05, 3.63) is 93.2 Å². The minimum absolute atomic E-state index is 0.228. The Bertz CT molecular complexity index is 1350. The van der Waals surface area contributed by atoms with E-state index in [-0.39, 0.29) is 16.6 Å². The van der Waals surface area contributed by atoms with Gasteiger partial charge in [0.25, 0.3) is 5.56 Å². The van der Waals surface area contributed by atoms with Gasteiger partial charge < -0.3 is 5.32 Å². The van der Waals surface area contributed by atoms with Gasteiger partial charge in [-0.3, -0.25) is 14.2 Å². The summed E-state index contributed by atoms with van der Waals surface area (Å²) in [4.78, 5) is 30.7. The molecule has 0 aliphatic heterocycles. The van der Waals surface area contributed by atoms with Gasteiger partial charge in [0.05, 0.1) is 23.9 Å². The molecule has 2 heterocycles. The zero-order valence-corrected chi connectivity index (χ0v) is 19.9. The number of hydrogen-bond donors (Lipinski definition) is 1. The third kappa shape index (κ3) is 5.35. The van der Waals surface area contributed by atoms with Crippen LogP contribution in [0, 0.1) is 0 Å². The minimum atomic E-state index is -0.740. The molecular weight excluding hydrogens is 475 g/mol. The van der Waals surface area contributed by atoms with E-state index in [9.17, 15) is 9.59 Å². The molecule has 0 spiro atoms.